The molecule has 1 amide bonds. The number of halogens is 1. The average Bonchev–Trinajstić information content (AvgIpc) is 2.82. The van der Waals surface area contributed by atoms with Crippen LogP contribution in [0, 0.1) is 5.82 Å². The van der Waals surface area contributed by atoms with Crippen LogP contribution in [0.25, 0.3) is 0 Å². The second-order valence-electron chi connectivity index (χ2n) is 6.11. The van der Waals surface area contributed by atoms with Gasteiger partial charge in [-0.3, -0.25) is 4.79 Å². The lowest BCUT2D eigenvalue weighted by atomic mass is 10.2. The lowest BCUT2D eigenvalue weighted by Gasteiger charge is -2.20. The summed E-state index contributed by atoms with van der Waals surface area (Å²) in [4.78, 5) is 14.5. The molecule has 0 unspecified atom stereocenters. The van der Waals surface area contributed by atoms with Crippen molar-refractivity contribution < 1.29 is 13.9 Å². The maximum Gasteiger partial charge on any atom is 0.260 e. The molecular formula is C18H27FN2O2. The van der Waals surface area contributed by atoms with E-state index in [0.717, 1.165) is 13.0 Å². The van der Waals surface area contributed by atoms with Crippen LogP contribution in [-0.4, -0.2) is 43.1 Å². The minimum atomic E-state index is -0.585. The van der Waals surface area contributed by atoms with Crippen LogP contribution in [0.2, 0.25) is 0 Å². The van der Waals surface area contributed by atoms with Gasteiger partial charge in [0, 0.05) is 6.54 Å². The minimum Gasteiger partial charge on any atom is -0.481 e. The van der Waals surface area contributed by atoms with Crippen molar-refractivity contribution in [3.8, 4) is 5.75 Å². The number of amides is 1. The zero-order chi connectivity index (χ0) is 16.5. The topological polar surface area (TPSA) is 41.6 Å². The van der Waals surface area contributed by atoms with Crippen molar-refractivity contribution in [1.82, 2.24) is 10.2 Å². The minimum absolute atomic E-state index is 0.134. The number of benzene rings is 1. The van der Waals surface area contributed by atoms with Gasteiger partial charge in [-0.1, -0.05) is 12.8 Å². The second kappa shape index (κ2) is 9.50. The molecule has 1 heterocycles. The molecule has 1 saturated heterocycles. The lowest BCUT2D eigenvalue weighted by molar-refractivity contribution is -0.127. The highest BCUT2D eigenvalue weighted by molar-refractivity contribution is 5.80. The number of hydrogen-bond donors (Lipinski definition) is 1. The fraction of sp³-hybridized carbons (Fsp3) is 0.611. The molecule has 1 fully saturated rings. The lowest BCUT2D eigenvalue weighted by Crippen LogP contribution is -2.38. The van der Waals surface area contributed by atoms with Crippen LogP contribution < -0.4 is 10.1 Å². The second-order valence-corrected chi connectivity index (χ2v) is 6.11. The number of likely N-dealkylation sites (tertiary alicyclic amines) is 1. The van der Waals surface area contributed by atoms with Crippen molar-refractivity contribution in [2.75, 3.05) is 26.2 Å². The Morgan fingerprint density at radius 1 is 1.22 bits per heavy atom. The van der Waals surface area contributed by atoms with E-state index < -0.39 is 6.10 Å². The Morgan fingerprint density at radius 2 is 1.87 bits per heavy atom. The molecule has 0 radical (unpaired) electrons. The molecule has 5 heteroatoms. The molecule has 1 aliphatic rings. The Morgan fingerprint density at radius 3 is 2.52 bits per heavy atom. The molecule has 1 aromatic carbocycles. The van der Waals surface area contributed by atoms with Gasteiger partial charge in [0.25, 0.3) is 5.91 Å². The number of carbonyl (C=O) groups is 1. The van der Waals surface area contributed by atoms with E-state index in [1.54, 1.807) is 6.92 Å². The summed E-state index contributed by atoms with van der Waals surface area (Å²) in [5, 5.41) is 2.90. The molecular weight excluding hydrogens is 295 g/mol. The van der Waals surface area contributed by atoms with Gasteiger partial charge in [-0.2, -0.15) is 0 Å². The average molecular weight is 322 g/mol. The fourth-order valence-electron chi connectivity index (χ4n) is 2.79. The summed E-state index contributed by atoms with van der Waals surface area (Å²) in [7, 11) is 0. The molecule has 4 nitrogen and oxygen atoms in total. The summed E-state index contributed by atoms with van der Waals surface area (Å²) in [5.74, 6) is 0.0479. The van der Waals surface area contributed by atoms with Crippen LogP contribution in [0.4, 0.5) is 4.39 Å². The van der Waals surface area contributed by atoms with Gasteiger partial charge in [-0.15, -0.1) is 0 Å². The van der Waals surface area contributed by atoms with E-state index >= 15 is 0 Å². The van der Waals surface area contributed by atoms with E-state index in [-0.39, 0.29) is 11.7 Å². The van der Waals surface area contributed by atoms with Gasteiger partial charge < -0.3 is 15.0 Å². The Balaban J connectivity index is 1.62. The summed E-state index contributed by atoms with van der Waals surface area (Å²) < 4.78 is 18.3. The smallest absolute Gasteiger partial charge is 0.260 e. The molecule has 0 saturated carbocycles. The van der Waals surface area contributed by atoms with Gasteiger partial charge in [0.15, 0.2) is 6.10 Å². The SMILES string of the molecule is C[C@H](Oc1ccc(F)cc1)C(=O)NCCCN1CCCCCC1. The van der Waals surface area contributed by atoms with Gasteiger partial charge >= 0.3 is 0 Å². The van der Waals surface area contributed by atoms with E-state index in [4.69, 9.17) is 4.74 Å². The quantitative estimate of drug-likeness (QED) is 0.785. The highest BCUT2D eigenvalue weighted by Gasteiger charge is 2.14. The maximum atomic E-state index is 12.8. The zero-order valence-corrected chi connectivity index (χ0v) is 13.9. The highest BCUT2D eigenvalue weighted by atomic mass is 19.1. The van der Waals surface area contributed by atoms with Crippen molar-refractivity contribution >= 4 is 5.91 Å². The van der Waals surface area contributed by atoms with Gasteiger partial charge in [0.05, 0.1) is 0 Å². The van der Waals surface area contributed by atoms with Gasteiger partial charge in [-0.25, -0.2) is 4.39 Å². The predicted molar refractivity (Wildman–Crippen MR) is 89.0 cm³/mol. The van der Waals surface area contributed by atoms with E-state index in [0.29, 0.717) is 12.3 Å². The Labute approximate surface area is 138 Å². The Hall–Kier alpha value is -1.62. The van der Waals surface area contributed by atoms with Crippen molar-refractivity contribution in [3.63, 3.8) is 0 Å². The van der Waals surface area contributed by atoms with Crippen molar-refractivity contribution in [2.24, 2.45) is 0 Å². The molecule has 0 spiro atoms. The number of ether oxygens (including phenoxy) is 1. The van der Waals surface area contributed by atoms with Crippen molar-refractivity contribution in [2.45, 2.75) is 45.1 Å². The first kappa shape index (κ1) is 17.7. The van der Waals surface area contributed by atoms with E-state index in [2.05, 4.69) is 10.2 Å². The van der Waals surface area contributed by atoms with Crippen LogP contribution in [0.3, 0.4) is 0 Å². The van der Waals surface area contributed by atoms with Crippen molar-refractivity contribution in [1.29, 1.82) is 0 Å². The molecule has 1 aromatic rings. The third kappa shape index (κ3) is 6.57. The molecule has 1 atom stereocenters. The Kier molecular flexibility index (Phi) is 7.33. The van der Waals surface area contributed by atoms with Crippen molar-refractivity contribution in [3.05, 3.63) is 30.1 Å². The summed E-state index contributed by atoms with van der Waals surface area (Å²) in [6.45, 7) is 5.75. The highest BCUT2D eigenvalue weighted by Crippen LogP contribution is 2.13. The monoisotopic (exact) mass is 322 g/mol. The van der Waals surface area contributed by atoms with Crippen LogP contribution in [-0.2, 0) is 4.79 Å². The van der Waals surface area contributed by atoms with Crippen LogP contribution in [0.15, 0.2) is 24.3 Å². The first-order chi connectivity index (χ1) is 11.1. The number of nitrogens with zero attached hydrogens (tertiary/aromatic N) is 1. The van der Waals surface area contributed by atoms with Crippen LogP contribution in [0.1, 0.15) is 39.0 Å². The van der Waals surface area contributed by atoms with Crippen LogP contribution >= 0.6 is 0 Å². The summed E-state index contributed by atoms with van der Waals surface area (Å²) in [6.07, 6.45) is 5.62. The largest absolute Gasteiger partial charge is 0.481 e. The molecule has 0 aromatic heterocycles. The molecule has 128 valence electrons. The molecule has 1 aliphatic heterocycles. The predicted octanol–water partition coefficient (Wildman–Crippen LogP) is 2.98. The molecule has 0 bridgehead atoms. The first-order valence-corrected chi connectivity index (χ1v) is 8.57. The number of carbonyl (C=O) groups excluding carboxylic acids is 1. The van der Waals surface area contributed by atoms with Crippen LogP contribution in [0.5, 0.6) is 5.75 Å². The van der Waals surface area contributed by atoms with E-state index in [1.807, 2.05) is 0 Å². The summed E-state index contributed by atoms with van der Waals surface area (Å²) >= 11 is 0. The standard InChI is InChI=1S/C18H27FN2O2/c1-15(23-17-9-7-16(19)8-10-17)18(22)20-11-6-14-21-12-4-2-3-5-13-21/h7-10,15H,2-6,11-14H2,1H3,(H,20,22)/t15-/m0/s1. The van der Waals surface area contributed by atoms with Gasteiger partial charge in [-0.05, 0) is 70.1 Å². The van der Waals surface area contributed by atoms with E-state index in [1.165, 1.54) is 63.0 Å². The first-order valence-electron chi connectivity index (χ1n) is 8.57. The summed E-state index contributed by atoms with van der Waals surface area (Å²) in [6, 6.07) is 5.69. The fourth-order valence-corrected chi connectivity index (χ4v) is 2.79. The normalized spacial score (nSPS) is 17.3. The number of nitrogens with one attached hydrogen (secondary N) is 1. The maximum absolute atomic E-state index is 12.8. The molecule has 2 rings (SSSR count). The van der Waals surface area contributed by atoms with Gasteiger partial charge in [0.2, 0.25) is 0 Å². The zero-order valence-electron chi connectivity index (χ0n) is 13.9. The van der Waals surface area contributed by atoms with E-state index in [9.17, 15) is 9.18 Å². The molecule has 23 heavy (non-hydrogen) atoms. The third-order valence-corrected chi connectivity index (χ3v) is 4.14. The van der Waals surface area contributed by atoms with Gasteiger partial charge in [0.1, 0.15) is 11.6 Å². The number of hydrogen-bond acceptors (Lipinski definition) is 3. The summed E-state index contributed by atoms with van der Waals surface area (Å²) in [5.41, 5.74) is 0. The third-order valence-electron chi connectivity index (χ3n) is 4.14. The molecule has 1 N–H and O–H groups in total. The molecule has 0 aliphatic carbocycles. The number of rotatable bonds is 7. The Bertz CT molecular complexity index is 470.